The summed E-state index contributed by atoms with van der Waals surface area (Å²) in [7, 11) is 0. The van der Waals surface area contributed by atoms with Gasteiger partial charge in [-0.15, -0.1) is 0 Å². The summed E-state index contributed by atoms with van der Waals surface area (Å²) in [4.78, 5) is 39.7. The zero-order valence-corrected chi connectivity index (χ0v) is 18.7. The summed E-state index contributed by atoms with van der Waals surface area (Å²) in [6, 6.07) is 18.8. The quantitative estimate of drug-likeness (QED) is 0.311. The van der Waals surface area contributed by atoms with Crippen LogP contribution in [-0.2, 0) is 14.3 Å². The van der Waals surface area contributed by atoms with E-state index in [1.54, 1.807) is 19.1 Å². The normalized spacial score (nSPS) is 13.1. The van der Waals surface area contributed by atoms with Crippen LogP contribution in [0.25, 0.3) is 0 Å². The van der Waals surface area contributed by atoms with Gasteiger partial charge in [0.05, 0.1) is 5.69 Å². The Bertz CT molecular complexity index is 1120. The molecule has 0 aliphatic heterocycles. The molecule has 176 valence electrons. The fourth-order valence-electron chi connectivity index (χ4n) is 3.19. The number of nitrogens with one attached hydrogen (secondary N) is 2. The molecule has 2 amide bonds. The van der Waals surface area contributed by atoms with E-state index in [1.165, 1.54) is 19.2 Å². The second-order valence-electron chi connectivity index (χ2n) is 7.42. The summed E-state index contributed by atoms with van der Waals surface area (Å²) < 4.78 is 11.7. The molecule has 0 aliphatic rings. The Hall–Kier alpha value is -4.40. The van der Waals surface area contributed by atoms with Crippen LogP contribution in [0, 0.1) is 0 Å². The molecule has 1 heterocycles. The molecule has 34 heavy (non-hydrogen) atoms. The van der Waals surface area contributed by atoms with Crippen molar-refractivity contribution in [3.63, 3.8) is 0 Å². The third kappa shape index (κ3) is 6.10. The summed E-state index contributed by atoms with van der Waals surface area (Å²) in [5.41, 5.74) is 0.494. The van der Waals surface area contributed by atoms with Crippen LogP contribution in [-0.4, -0.2) is 40.5 Å². The van der Waals surface area contributed by atoms with Gasteiger partial charge in [0.2, 0.25) is 6.41 Å². The van der Waals surface area contributed by atoms with Crippen LogP contribution in [0.15, 0.2) is 72.9 Å². The Kier molecular flexibility index (Phi) is 8.17. The molecular formula is C25H25N3O6. The van der Waals surface area contributed by atoms with Gasteiger partial charge in [0.15, 0.2) is 17.5 Å². The maximum atomic E-state index is 12.7. The Morgan fingerprint density at radius 3 is 2.29 bits per heavy atom. The number of aromatic nitrogens is 1. The van der Waals surface area contributed by atoms with Gasteiger partial charge in [0.1, 0.15) is 17.9 Å². The van der Waals surface area contributed by atoms with Gasteiger partial charge >= 0.3 is 5.97 Å². The number of hydrogen-bond acceptors (Lipinski definition) is 7. The van der Waals surface area contributed by atoms with Crippen molar-refractivity contribution in [2.75, 3.05) is 5.32 Å². The number of rotatable bonds is 10. The fourth-order valence-corrected chi connectivity index (χ4v) is 3.19. The molecule has 0 aliphatic carbocycles. The topological polar surface area (TPSA) is 127 Å². The Labute approximate surface area is 196 Å². The summed E-state index contributed by atoms with van der Waals surface area (Å²) in [5.74, 6) is -1.39. The van der Waals surface area contributed by atoms with Crippen molar-refractivity contribution in [1.82, 2.24) is 10.3 Å². The number of hydrogen-bond donors (Lipinski definition) is 3. The van der Waals surface area contributed by atoms with Gasteiger partial charge in [-0.1, -0.05) is 48.5 Å². The van der Waals surface area contributed by atoms with Crippen LogP contribution < -0.4 is 15.4 Å². The largest absolute Gasteiger partial charge is 0.504 e. The number of carbonyl (C=O) groups excluding carboxylic acids is 3. The highest BCUT2D eigenvalue weighted by molar-refractivity contribution is 5.99. The number of carbonyl (C=O) groups is 3. The summed E-state index contributed by atoms with van der Waals surface area (Å²) in [6.45, 7) is 3.15. The number of para-hydroxylation sites is 1. The third-order valence-corrected chi connectivity index (χ3v) is 4.92. The number of amides is 2. The average molecular weight is 463 g/mol. The first-order valence-electron chi connectivity index (χ1n) is 10.6. The predicted molar refractivity (Wildman–Crippen MR) is 124 cm³/mol. The number of pyridine rings is 1. The lowest BCUT2D eigenvalue weighted by atomic mass is 10.0. The molecule has 9 heteroatoms. The lowest BCUT2D eigenvalue weighted by Crippen LogP contribution is -2.42. The lowest BCUT2D eigenvalue weighted by molar-refractivity contribution is -0.154. The Morgan fingerprint density at radius 2 is 1.65 bits per heavy atom. The molecule has 3 atom stereocenters. The molecule has 3 rings (SSSR count). The number of aromatic hydroxyl groups is 1. The van der Waals surface area contributed by atoms with E-state index in [0.29, 0.717) is 12.2 Å². The van der Waals surface area contributed by atoms with E-state index in [-0.39, 0.29) is 11.4 Å². The van der Waals surface area contributed by atoms with Crippen molar-refractivity contribution in [3.05, 3.63) is 84.2 Å². The lowest BCUT2D eigenvalue weighted by Gasteiger charge is -2.26. The molecule has 3 aromatic rings. The molecule has 0 saturated heterocycles. The molecule has 0 fully saturated rings. The molecular weight excluding hydrogens is 438 g/mol. The van der Waals surface area contributed by atoms with Gasteiger partial charge in [-0.25, -0.2) is 9.78 Å². The second-order valence-corrected chi connectivity index (χ2v) is 7.42. The first-order chi connectivity index (χ1) is 16.4. The number of nitrogens with zero attached hydrogens (tertiary/aromatic N) is 1. The molecule has 1 aromatic heterocycles. The highest BCUT2D eigenvalue weighted by atomic mass is 16.6. The maximum Gasteiger partial charge on any atom is 0.328 e. The maximum absolute atomic E-state index is 12.7. The first-order valence-corrected chi connectivity index (χ1v) is 10.6. The van der Waals surface area contributed by atoms with E-state index in [4.69, 9.17) is 9.47 Å². The van der Waals surface area contributed by atoms with E-state index < -0.39 is 35.9 Å². The molecule has 0 saturated carbocycles. The van der Waals surface area contributed by atoms with Crippen LogP contribution >= 0.6 is 0 Å². The van der Waals surface area contributed by atoms with Crippen molar-refractivity contribution >= 4 is 24.0 Å². The molecule has 2 aromatic carbocycles. The van der Waals surface area contributed by atoms with Gasteiger partial charge in [0, 0.05) is 6.20 Å². The second kappa shape index (κ2) is 11.5. The van der Waals surface area contributed by atoms with Gasteiger partial charge in [0.25, 0.3) is 5.91 Å². The summed E-state index contributed by atoms with van der Waals surface area (Å²) >= 11 is 0. The molecule has 2 unspecified atom stereocenters. The number of esters is 1. The number of ether oxygens (including phenoxy) is 2. The molecule has 0 bridgehead atoms. The summed E-state index contributed by atoms with van der Waals surface area (Å²) in [5, 5.41) is 14.9. The third-order valence-electron chi connectivity index (χ3n) is 4.92. The molecule has 9 nitrogen and oxygen atoms in total. The van der Waals surface area contributed by atoms with Crippen molar-refractivity contribution in [2.24, 2.45) is 0 Å². The monoisotopic (exact) mass is 463 g/mol. The van der Waals surface area contributed by atoms with Crippen LogP contribution in [0.2, 0.25) is 0 Å². The molecule has 0 radical (unpaired) electrons. The Balaban J connectivity index is 1.69. The average Bonchev–Trinajstić information content (AvgIpc) is 2.85. The first kappa shape index (κ1) is 24.2. The van der Waals surface area contributed by atoms with Crippen molar-refractivity contribution in [2.45, 2.75) is 32.1 Å². The zero-order chi connectivity index (χ0) is 24.5. The number of benzene rings is 2. The van der Waals surface area contributed by atoms with Gasteiger partial charge < -0.3 is 25.2 Å². The van der Waals surface area contributed by atoms with E-state index in [1.807, 2.05) is 48.5 Å². The van der Waals surface area contributed by atoms with Crippen molar-refractivity contribution in [3.8, 4) is 11.5 Å². The molecule has 0 spiro atoms. The zero-order valence-electron chi connectivity index (χ0n) is 18.7. The standard InChI is InChI=1S/C25H25N3O6/c1-16(28-24(31)21-22(30)20(27-15-29)13-14-26-21)25(32)33-17(2)23(18-9-5-3-6-10-18)34-19-11-7-4-8-12-19/h3-17,23,30H,1-2H3,(H,28,31)(H,26,27,29)/t16-,17?,23?/m0/s1. The van der Waals surface area contributed by atoms with Crippen molar-refractivity contribution in [1.29, 1.82) is 0 Å². The molecule has 3 N–H and O–H groups in total. The minimum atomic E-state index is -1.05. The predicted octanol–water partition coefficient (Wildman–Crippen LogP) is 3.23. The SMILES string of the molecule is CC(OC(=O)[C@H](C)NC(=O)c1nccc(NC=O)c1O)C(Oc1ccccc1)c1ccccc1. The van der Waals surface area contributed by atoms with Crippen LogP contribution in [0.1, 0.15) is 36.0 Å². The van der Waals surface area contributed by atoms with Crippen molar-refractivity contribution < 1.29 is 29.0 Å². The van der Waals surface area contributed by atoms with E-state index >= 15 is 0 Å². The van der Waals surface area contributed by atoms with Crippen LogP contribution in [0.4, 0.5) is 5.69 Å². The van der Waals surface area contributed by atoms with E-state index in [9.17, 15) is 19.5 Å². The smallest absolute Gasteiger partial charge is 0.328 e. The van der Waals surface area contributed by atoms with E-state index in [0.717, 1.165) is 5.56 Å². The van der Waals surface area contributed by atoms with Crippen LogP contribution in [0.5, 0.6) is 11.5 Å². The highest BCUT2D eigenvalue weighted by Crippen LogP contribution is 2.27. The van der Waals surface area contributed by atoms with E-state index in [2.05, 4.69) is 15.6 Å². The fraction of sp³-hybridized carbons (Fsp3) is 0.200. The minimum absolute atomic E-state index is 0.0164. The summed E-state index contributed by atoms with van der Waals surface area (Å²) in [6.07, 6.45) is 0.323. The number of anilines is 1. The van der Waals surface area contributed by atoms with Crippen LogP contribution in [0.3, 0.4) is 0 Å². The minimum Gasteiger partial charge on any atom is -0.504 e. The van der Waals surface area contributed by atoms with Gasteiger partial charge in [-0.2, -0.15) is 0 Å². The van der Waals surface area contributed by atoms with Gasteiger partial charge in [-0.05, 0) is 37.6 Å². The highest BCUT2D eigenvalue weighted by Gasteiger charge is 2.28. The van der Waals surface area contributed by atoms with Gasteiger partial charge in [-0.3, -0.25) is 9.59 Å². The Morgan fingerprint density at radius 1 is 1.00 bits per heavy atom.